The minimum absolute atomic E-state index is 0.0856. The largest absolute Gasteiger partial charge is 0.399 e. The first-order valence-electron chi connectivity index (χ1n) is 5.83. The number of carbonyl (C=O) groups is 1. The van der Waals surface area contributed by atoms with E-state index in [0.29, 0.717) is 0 Å². The maximum absolute atomic E-state index is 11.6. The first kappa shape index (κ1) is 12.3. The molecule has 0 fully saturated rings. The summed E-state index contributed by atoms with van der Waals surface area (Å²) in [7, 11) is 0. The molecule has 3 nitrogen and oxygen atoms in total. The van der Waals surface area contributed by atoms with Crippen LogP contribution in [0.4, 0.5) is 11.4 Å². The van der Waals surface area contributed by atoms with Crippen LogP contribution in [0.5, 0.6) is 0 Å². The summed E-state index contributed by atoms with van der Waals surface area (Å²) in [5.74, 6) is 0.0856. The molecule has 2 rings (SSSR count). The number of hydrogen-bond acceptors (Lipinski definition) is 3. The van der Waals surface area contributed by atoms with Crippen LogP contribution in [0.3, 0.4) is 0 Å². The Morgan fingerprint density at radius 2 is 1.67 bits per heavy atom. The van der Waals surface area contributed by atoms with E-state index in [9.17, 15) is 4.79 Å². The van der Waals surface area contributed by atoms with Crippen molar-refractivity contribution in [1.29, 1.82) is 0 Å². The molecule has 2 N–H and O–H groups in total. The smallest absolute Gasteiger partial charge is 0.184 e. The molecule has 0 unspecified atom stereocenters. The fourth-order valence-corrected chi connectivity index (χ4v) is 1.87. The highest BCUT2D eigenvalue weighted by Gasteiger charge is 2.13. The number of allylic oxidation sites excluding steroid dienone is 4. The highest BCUT2D eigenvalue weighted by atomic mass is 16.1. The van der Waals surface area contributed by atoms with Gasteiger partial charge < -0.3 is 5.73 Å². The Labute approximate surface area is 107 Å². The van der Waals surface area contributed by atoms with Gasteiger partial charge in [-0.15, -0.1) is 0 Å². The summed E-state index contributed by atoms with van der Waals surface area (Å²) >= 11 is 0. The second-order valence-corrected chi connectivity index (χ2v) is 4.56. The van der Waals surface area contributed by atoms with Gasteiger partial charge in [0.1, 0.15) is 0 Å². The van der Waals surface area contributed by atoms with Crippen LogP contribution in [0.2, 0.25) is 0 Å². The highest BCUT2D eigenvalue weighted by Crippen LogP contribution is 2.21. The van der Waals surface area contributed by atoms with Gasteiger partial charge in [-0.2, -0.15) is 0 Å². The SMILES string of the molecule is CC1=CC(=Nc2ccc(N)c(C)c2)C=C(C)C1=O. The molecule has 1 aliphatic carbocycles. The number of rotatable bonds is 1. The molecule has 0 spiro atoms. The third-order valence-electron chi connectivity index (χ3n) is 2.96. The number of benzene rings is 1. The molecule has 3 heteroatoms. The van der Waals surface area contributed by atoms with Gasteiger partial charge in [0.25, 0.3) is 0 Å². The van der Waals surface area contributed by atoms with Gasteiger partial charge in [-0.3, -0.25) is 4.79 Å². The minimum atomic E-state index is 0.0856. The lowest BCUT2D eigenvalue weighted by Gasteiger charge is -2.09. The van der Waals surface area contributed by atoms with Gasteiger partial charge in [0.15, 0.2) is 5.78 Å². The number of aryl methyl sites for hydroxylation is 1. The quantitative estimate of drug-likeness (QED) is 0.605. The molecular formula is C15H16N2O. The molecule has 0 bridgehead atoms. The van der Waals surface area contributed by atoms with Gasteiger partial charge in [0.05, 0.1) is 11.4 Å². The third kappa shape index (κ3) is 2.40. The fraction of sp³-hybridized carbons (Fsp3) is 0.200. The lowest BCUT2D eigenvalue weighted by molar-refractivity contribution is -0.112. The van der Waals surface area contributed by atoms with Crippen LogP contribution in [0, 0.1) is 6.92 Å². The fourth-order valence-electron chi connectivity index (χ4n) is 1.87. The summed E-state index contributed by atoms with van der Waals surface area (Å²) < 4.78 is 0. The van der Waals surface area contributed by atoms with E-state index >= 15 is 0 Å². The first-order valence-corrected chi connectivity index (χ1v) is 5.83. The van der Waals surface area contributed by atoms with E-state index in [1.165, 1.54) is 0 Å². The molecule has 0 heterocycles. The number of ketones is 1. The highest BCUT2D eigenvalue weighted by molar-refractivity contribution is 6.21. The molecule has 92 valence electrons. The molecule has 0 saturated carbocycles. The maximum atomic E-state index is 11.6. The number of Topliss-reactive ketones (excluding diaryl/α,β-unsaturated/α-hetero) is 1. The molecule has 0 radical (unpaired) electrons. The van der Waals surface area contributed by atoms with Crippen LogP contribution < -0.4 is 5.73 Å². The van der Waals surface area contributed by atoms with Crippen molar-refractivity contribution in [3.05, 3.63) is 47.1 Å². The van der Waals surface area contributed by atoms with E-state index in [4.69, 9.17) is 5.73 Å². The summed E-state index contributed by atoms with van der Waals surface area (Å²) in [4.78, 5) is 16.1. The van der Waals surface area contributed by atoms with E-state index in [0.717, 1.165) is 33.8 Å². The Morgan fingerprint density at radius 3 is 2.22 bits per heavy atom. The summed E-state index contributed by atoms with van der Waals surface area (Å²) in [6.45, 7) is 5.57. The lowest BCUT2D eigenvalue weighted by Crippen LogP contribution is -2.10. The van der Waals surface area contributed by atoms with E-state index in [2.05, 4.69) is 4.99 Å². The maximum Gasteiger partial charge on any atom is 0.184 e. The van der Waals surface area contributed by atoms with E-state index in [-0.39, 0.29) is 5.78 Å². The monoisotopic (exact) mass is 240 g/mol. The topological polar surface area (TPSA) is 55.4 Å². The predicted molar refractivity (Wildman–Crippen MR) is 75.2 cm³/mol. The zero-order valence-electron chi connectivity index (χ0n) is 10.8. The van der Waals surface area contributed by atoms with Crippen LogP contribution in [0.25, 0.3) is 0 Å². The number of carbonyl (C=O) groups excluding carboxylic acids is 1. The Balaban J connectivity index is 2.40. The van der Waals surface area contributed by atoms with E-state index in [1.54, 1.807) is 12.2 Å². The van der Waals surface area contributed by atoms with Crippen LogP contribution >= 0.6 is 0 Å². The zero-order valence-corrected chi connectivity index (χ0v) is 10.8. The van der Waals surface area contributed by atoms with Crippen LogP contribution in [-0.2, 0) is 4.79 Å². The molecule has 1 aromatic carbocycles. The number of nitrogen functional groups attached to an aromatic ring is 1. The number of anilines is 1. The molecule has 18 heavy (non-hydrogen) atoms. The summed E-state index contributed by atoms with van der Waals surface area (Å²) in [6, 6.07) is 5.65. The van der Waals surface area contributed by atoms with Gasteiger partial charge in [0, 0.05) is 5.69 Å². The first-order chi connectivity index (χ1) is 8.47. The third-order valence-corrected chi connectivity index (χ3v) is 2.96. The van der Waals surface area contributed by atoms with Crippen LogP contribution in [0.1, 0.15) is 19.4 Å². The average molecular weight is 240 g/mol. The summed E-state index contributed by atoms with van der Waals surface area (Å²) in [5.41, 5.74) is 10.6. The second-order valence-electron chi connectivity index (χ2n) is 4.56. The van der Waals surface area contributed by atoms with Gasteiger partial charge in [-0.25, -0.2) is 4.99 Å². The molecule has 0 atom stereocenters. The summed E-state index contributed by atoms with van der Waals surface area (Å²) in [6.07, 6.45) is 3.61. The van der Waals surface area contributed by atoms with Crippen molar-refractivity contribution >= 4 is 22.9 Å². The Kier molecular flexibility index (Phi) is 3.15. The van der Waals surface area contributed by atoms with Crippen molar-refractivity contribution in [2.45, 2.75) is 20.8 Å². The van der Waals surface area contributed by atoms with Gasteiger partial charge in [-0.05, 0) is 67.8 Å². The van der Waals surface area contributed by atoms with Crippen LogP contribution in [0.15, 0.2) is 46.5 Å². The molecule has 0 aliphatic heterocycles. The Morgan fingerprint density at radius 1 is 1.06 bits per heavy atom. The molecular weight excluding hydrogens is 224 g/mol. The van der Waals surface area contributed by atoms with E-state index in [1.807, 2.05) is 39.0 Å². The van der Waals surface area contributed by atoms with Crippen molar-refractivity contribution in [1.82, 2.24) is 0 Å². The van der Waals surface area contributed by atoms with Crippen molar-refractivity contribution < 1.29 is 4.79 Å². The summed E-state index contributed by atoms with van der Waals surface area (Å²) in [5, 5.41) is 0. The van der Waals surface area contributed by atoms with Crippen molar-refractivity contribution in [2.24, 2.45) is 4.99 Å². The van der Waals surface area contributed by atoms with Crippen LogP contribution in [-0.4, -0.2) is 11.5 Å². The van der Waals surface area contributed by atoms with Crippen molar-refractivity contribution in [3.8, 4) is 0 Å². The minimum Gasteiger partial charge on any atom is -0.399 e. The average Bonchev–Trinajstić information content (AvgIpc) is 2.31. The zero-order chi connectivity index (χ0) is 13.3. The van der Waals surface area contributed by atoms with Gasteiger partial charge in [-0.1, -0.05) is 0 Å². The number of aliphatic imine (C=N–C) groups is 1. The predicted octanol–water partition coefficient (Wildman–Crippen LogP) is 3.13. The normalized spacial score (nSPS) is 15.3. The number of nitrogens with zero attached hydrogens (tertiary/aromatic N) is 1. The lowest BCUT2D eigenvalue weighted by atomic mass is 9.98. The molecule has 0 aromatic heterocycles. The Hall–Kier alpha value is -2.16. The molecule has 1 aromatic rings. The van der Waals surface area contributed by atoms with Crippen molar-refractivity contribution in [2.75, 3.05) is 5.73 Å². The van der Waals surface area contributed by atoms with Gasteiger partial charge >= 0.3 is 0 Å². The Bertz CT molecular complexity index is 583. The molecule has 0 saturated heterocycles. The van der Waals surface area contributed by atoms with Crippen molar-refractivity contribution in [3.63, 3.8) is 0 Å². The van der Waals surface area contributed by atoms with E-state index < -0.39 is 0 Å². The molecule has 1 aliphatic rings. The number of nitrogens with two attached hydrogens (primary N) is 1. The molecule has 0 amide bonds. The standard InChI is InChI=1S/C15H16N2O/c1-9-6-12(4-5-14(9)16)17-13-7-10(2)15(18)11(3)8-13/h4-8H,16H2,1-3H3. The van der Waals surface area contributed by atoms with Gasteiger partial charge in [0.2, 0.25) is 0 Å². The second kappa shape index (κ2) is 4.61. The number of hydrogen-bond donors (Lipinski definition) is 1.